The molecule has 1 heterocycles. The Kier molecular flexibility index (Phi) is 2.96. The molecule has 6 heteroatoms. The molecular weight excluding hydrogens is 232 g/mol. The van der Waals surface area contributed by atoms with Crippen molar-refractivity contribution in [2.45, 2.75) is 25.4 Å². The molecule has 0 amide bonds. The molecule has 2 fully saturated rings. The summed E-state index contributed by atoms with van der Waals surface area (Å²) in [5.41, 5.74) is 0. The fraction of sp³-hybridized carbons (Fsp3) is 0.900. The molecule has 0 spiro atoms. The summed E-state index contributed by atoms with van der Waals surface area (Å²) < 4.78 is 23.1. The first-order valence-electron chi connectivity index (χ1n) is 5.47. The molecule has 1 aliphatic carbocycles. The van der Waals surface area contributed by atoms with Crippen molar-refractivity contribution in [3.05, 3.63) is 0 Å². The summed E-state index contributed by atoms with van der Waals surface area (Å²) in [5, 5.41) is 18.4. The van der Waals surface area contributed by atoms with Crippen LogP contribution in [0.15, 0.2) is 0 Å². The Balaban J connectivity index is 2.20. The Bertz CT molecular complexity index is 366. The smallest absolute Gasteiger partial charge is 0.303 e. The molecular formula is C10H16O5S. The highest BCUT2D eigenvalue weighted by atomic mass is 32.2. The number of aliphatic hydroxyl groups excluding tert-OH is 1. The van der Waals surface area contributed by atoms with Crippen molar-refractivity contribution in [1.29, 1.82) is 0 Å². The fourth-order valence-electron chi connectivity index (χ4n) is 3.17. The van der Waals surface area contributed by atoms with E-state index in [0.29, 0.717) is 12.8 Å². The standard InChI is InChI=1S/C10H16O5S/c11-8-1-6-4-16(14,15)5-7(2-8)9(6)3-10(12)13/h6-9,11H,1-5H2,(H,12,13). The third kappa shape index (κ3) is 2.38. The van der Waals surface area contributed by atoms with Crippen LogP contribution in [0.3, 0.4) is 0 Å². The highest BCUT2D eigenvalue weighted by molar-refractivity contribution is 7.91. The molecule has 1 saturated heterocycles. The van der Waals surface area contributed by atoms with Crippen molar-refractivity contribution in [2.75, 3.05) is 11.5 Å². The van der Waals surface area contributed by atoms with Gasteiger partial charge in [-0.3, -0.25) is 4.79 Å². The highest BCUT2D eigenvalue weighted by Gasteiger charge is 2.45. The number of hydrogen-bond acceptors (Lipinski definition) is 4. The van der Waals surface area contributed by atoms with Gasteiger partial charge in [-0.1, -0.05) is 0 Å². The lowest BCUT2D eigenvalue weighted by Crippen LogP contribution is -2.47. The van der Waals surface area contributed by atoms with E-state index in [4.69, 9.17) is 5.11 Å². The van der Waals surface area contributed by atoms with Crippen LogP contribution in [0.5, 0.6) is 0 Å². The van der Waals surface area contributed by atoms with Crippen LogP contribution in [0.1, 0.15) is 19.3 Å². The molecule has 16 heavy (non-hydrogen) atoms. The van der Waals surface area contributed by atoms with E-state index in [1.165, 1.54) is 0 Å². The van der Waals surface area contributed by atoms with Gasteiger partial charge in [-0.2, -0.15) is 0 Å². The average molecular weight is 248 g/mol. The predicted molar refractivity (Wildman–Crippen MR) is 56.6 cm³/mol. The number of aliphatic carboxylic acids is 1. The van der Waals surface area contributed by atoms with E-state index in [2.05, 4.69) is 0 Å². The quantitative estimate of drug-likeness (QED) is 0.711. The summed E-state index contributed by atoms with van der Waals surface area (Å²) in [6.45, 7) is 0. The Morgan fingerprint density at radius 2 is 1.69 bits per heavy atom. The molecule has 5 nitrogen and oxygen atoms in total. The molecule has 1 aliphatic heterocycles. The number of aliphatic hydroxyl groups is 1. The van der Waals surface area contributed by atoms with Gasteiger partial charge in [0.05, 0.1) is 17.6 Å². The van der Waals surface area contributed by atoms with Crippen molar-refractivity contribution in [3.63, 3.8) is 0 Å². The second-order valence-electron chi connectivity index (χ2n) is 4.98. The molecule has 2 aliphatic rings. The zero-order valence-electron chi connectivity index (χ0n) is 8.87. The van der Waals surface area contributed by atoms with Crippen molar-refractivity contribution < 1.29 is 23.4 Å². The van der Waals surface area contributed by atoms with Gasteiger partial charge in [0.1, 0.15) is 0 Å². The second-order valence-corrected chi connectivity index (χ2v) is 7.14. The van der Waals surface area contributed by atoms with E-state index in [0.717, 1.165) is 0 Å². The number of sulfone groups is 1. The lowest BCUT2D eigenvalue weighted by atomic mass is 9.70. The van der Waals surface area contributed by atoms with Crippen LogP contribution in [0.4, 0.5) is 0 Å². The van der Waals surface area contributed by atoms with Gasteiger partial charge in [0.25, 0.3) is 0 Å². The first kappa shape index (κ1) is 11.9. The van der Waals surface area contributed by atoms with Crippen LogP contribution in [0.25, 0.3) is 0 Å². The summed E-state index contributed by atoms with van der Waals surface area (Å²) in [7, 11) is -3.04. The molecule has 2 bridgehead atoms. The zero-order chi connectivity index (χ0) is 11.9. The summed E-state index contributed by atoms with van der Waals surface area (Å²) in [6, 6.07) is 0. The van der Waals surface area contributed by atoms with Gasteiger partial charge in [-0.25, -0.2) is 8.42 Å². The normalized spacial score (nSPS) is 41.6. The number of rotatable bonds is 2. The summed E-state index contributed by atoms with van der Waals surface area (Å²) in [5.74, 6) is -1.23. The van der Waals surface area contributed by atoms with Crippen LogP contribution in [0.2, 0.25) is 0 Å². The number of carboxylic acids is 1. The monoisotopic (exact) mass is 248 g/mol. The third-order valence-corrected chi connectivity index (χ3v) is 5.58. The third-order valence-electron chi connectivity index (χ3n) is 3.71. The topological polar surface area (TPSA) is 91.7 Å². The Labute approximate surface area is 94.4 Å². The summed E-state index contributed by atoms with van der Waals surface area (Å²) >= 11 is 0. The minimum absolute atomic E-state index is 0.0254. The lowest BCUT2D eigenvalue weighted by Gasteiger charge is -2.43. The van der Waals surface area contributed by atoms with E-state index >= 15 is 0 Å². The van der Waals surface area contributed by atoms with E-state index in [1.807, 2.05) is 0 Å². The molecule has 1 saturated carbocycles. The van der Waals surface area contributed by atoms with Crippen molar-refractivity contribution in [3.8, 4) is 0 Å². The SMILES string of the molecule is O=C(O)CC1C2CC(O)CC1CS(=O)(=O)C2. The molecule has 0 radical (unpaired) electrons. The zero-order valence-corrected chi connectivity index (χ0v) is 9.69. The number of carbonyl (C=O) groups is 1. The predicted octanol–water partition coefficient (Wildman–Crippen LogP) is -0.107. The number of fused-ring (bicyclic) bond motifs is 2. The first-order chi connectivity index (χ1) is 7.37. The molecule has 92 valence electrons. The van der Waals surface area contributed by atoms with Gasteiger partial charge in [-0.05, 0) is 30.6 Å². The van der Waals surface area contributed by atoms with Crippen LogP contribution in [0, 0.1) is 17.8 Å². The summed E-state index contributed by atoms with van der Waals surface area (Å²) in [4.78, 5) is 10.7. The molecule has 0 aromatic carbocycles. The Morgan fingerprint density at radius 3 is 2.12 bits per heavy atom. The van der Waals surface area contributed by atoms with Gasteiger partial charge in [0.15, 0.2) is 9.84 Å². The van der Waals surface area contributed by atoms with E-state index in [9.17, 15) is 18.3 Å². The van der Waals surface area contributed by atoms with Crippen LogP contribution >= 0.6 is 0 Å². The van der Waals surface area contributed by atoms with Gasteiger partial charge in [0, 0.05) is 6.42 Å². The molecule has 0 aromatic heterocycles. The van der Waals surface area contributed by atoms with E-state index < -0.39 is 21.9 Å². The fourth-order valence-corrected chi connectivity index (χ4v) is 5.38. The highest BCUT2D eigenvalue weighted by Crippen LogP contribution is 2.42. The second kappa shape index (κ2) is 4.00. The van der Waals surface area contributed by atoms with Crippen LogP contribution in [-0.2, 0) is 14.6 Å². The van der Waals surface area contributed by atoms with Gasteiger partial charge >= 0.3 is 5.97 Å². The molecule has 2 N–H and O–H groups in total. The minimum atomic E-state index is -3.04. The van der Waals surface area contributed by atoms with Crippen molar-refractivity contribution >= 4 is 15.8 Å². The average Bonchev–Trinajstić information content (AvgIpc) is 2.06. The van der Waals surface area contributed by atoms with E-state index in [1.54, 1.807) is 0 Å². The Hall–Kier alpha value is -0.620. The van der Waals surface area contributed by atoms with Gasteiger partial charge in [-0.15, -0.1) is 0 Å². The van der Waals surface area contributed by atoms with Crippen LogP contribution in [-0.4, -0.2) is 42.2 Å². The maximum atomic E-state index is 11.6. The lowest BCUT2D eigenvalue weighted by molar-refractivity contribution is -0.140. The van der Waals surface area contributed by atoms with Gasteiger partial charge < -0.3 is 10.2 Å². The molecule has 0 aromatic rings. The maximum Gasteiger partial charge on any atom is 0.303 e. The number of carboxylic acid groups (broad SMARTS) is 1. The van der Waals surface area contributed by atoms with Gasteiger partial charge in [0.2, 0.25) is 0 Å². The molecule has 2 rings (SSSR count). The minimum Gasteiger partial charge on any atom is -0.481 e. The van der Waals surface area contributed by atoms with Crippen molar-refractivity contribution in [2.24, 2.45) is 17.8 Å². The molecule has 2 unspecified atom stereocenters. The number of hydrogen-bond donors (Lipinski definition) is 2. The Morgan fingerprint density at radius 1 is 1.19 bits per heavy atom. The maximum absolute atomic E-state index is 11.6. The van der Waals surface area contributed by atoms with Crippen LogP contribution < -0.4 is 0 Å². The van der Waals surface area contributed by atoms with E-state index in [-0.39, 0.29) is 35.7 Å². The molecule has 2 atom stereocenters. The largest absolute Gasteiger partial charge is 0.481 e. The summed E-state index contributed by atoms with van der Waals surface area (Å²) in [6.07, 6.45) is 0.411. The first-order valence-corrected chi connectivity index (χ1v) is 7.30. The van der Waals surface area contributed by atoms with Crippen molar-refractivity contribution in [1.82, 2.24) is 0 Å².